The van der Waals surface area contributed by atoms with Crippen LogP contribution < -0.4 is 10.7 Å². The van der Waals surface area contributed by atoms with Crippen LogP contribution >= 0.6 is 23.2 Å². The number of rotatable bonds is 7. The lowest BCUT2D eigenvalue weighted by Crippen LogP contribution is -2.29. The van der Waals surface area contributed by atoms with E-state index in [-0.39, 0.29) is 6.42 Å². The van der Waals surface area contributed by atoms with E-state index in [0.29, 0.717) is 16.6 Å². The molecule has 3 aromatic rings. The third-order valence-electron chi connectivity index (χ3n) is 4.50. The Morgan fingerprint density at radius 1 is 1.13 bits per heavy atom. The number of halogens is 2. The Hall–Kier alpha value is -3.16. The third kappa shape index (κ3) is 6.16. The van der Waals surface area contributed by atoms with Crippen molar-refractivity contribution in [3.05, 3.63) is 81.4 Å². The number of carbonyl (C=O) groups excluding carboxylic acids is 2. The van der Waals surface area contributed by atoms with Crippen LogP contribution in [0.5, 0.6) is 0 Å². The minimum absolute atomic E-state index is 0.308. The molecule has 0 saturated heterocycles. The molecule has 2 N–H and O–H groups in total. The molecule has 7 nitrogen and oxygen atoms in total. The van der Waals surface area contributed by atoms with Gasteiger partial charge in [-0.3, -0.25) is 14.6 Å². The molecule has 160 valence electrons. The van der Waals surface area contributed by atoms with Gasteiger partial charge in [-0.2, -0.15) is 5.10 Å². The molecule has 31 heavy (non-hydrogen) atoms. The van der Waals surface area contributed by atoms with Crippen LogP contribution in [0.1, 0.15) is 28.9 Å². The summed E-state index contributed by atoms with van der Waals surface area (Å²) in [6.45, 7) is 4.18. The molecule has 0 aliphatic carbocycles. The summed E-state index contributed by atoms with van der Waals surface area (Å²) in [7, 11) is 0. The predicted octanol–water partition coefficient (Wildman–Crippen LogP) is 3.95. The van der Waals surface area contributed by atoms with Gasteiger partial charge in [0.25, 0.3) is 0 Å². The maximum atomic E-state index is 12.0. The van der Waals surface area contributed by atoms with Crippen LogP contribution in [-0.2, 0) is 16.1 Å². The highest BCUT2D eigenvalue weighted by atomic mass is 35.5. The van der Waals surface area contributed by atoms with Crippen molar-refractivity contribution in [2.45, 2.75) is 26.8 Å². The maximum absolute atomic E-state index is 12.0. The normalized spacial score (nSPS) is 11.0. The third-order valence-corrected chi connectivity index (χ3v) is 4.94. The quantitative estimate of drug-likeness (QED) is 0.319. The number of carbonyl (C=O) groups is 2. The van der Waals surface area contributed by atoms with E-state index in [0.717, 1.165) is 28.2 Å². The Balaban J connectivity index is 1.58. The number of nitrogens with one attached hydrogen (secondary N) is 2. The summed E-state index contributed by atoms with van der Waals surface area (Å²) in [6.07, 6.45) is 4.52. The fourth-order valence-corrected chi connectivity index (χ4v) is 3.62. The van der Waals surface area contributed by atoms with Gasteiger partial charge in [0, 0.05) is 51.6 Å². The first-order valence-corrected chi connectivity index (χ1v) is 10.2. The van der Waals surface area contributed by atoms with E-state index in [1.807, 2.05) is 42.7 Å². The van der Waals surface area contributed by atoms with Crippen molar-refractivity contribution >= 4 is 41.2 Å². The molecule has 0 bridgehead atoms. The summed E-state index contributed by atoms with van der Waals surface area (Å²) in [5.41, 5.74) is 6.74. The second-order valence-corrected chi connectivity index (χ2v) is 7.77. The Labute approximate surface area is 190 Å². The highest BCUT2D eigenvalue weighted by molar-refractivity contribution is 6.34. The lowest BCUT2D eigenvalue weighted by molar-refractivity contribution is -0.129. The van der Waals surface area contributed by atoms with Crippen molar-refractivity contribution < 1.29 is 9.59 Å². The predicted molar refractivity (Wildman–Crippen MR) is 122 cm³/mol. The molecule has 0 spiro atoms. The number of nitrogens with zero attached hydrogens (tertiary/aromatic N) is 3. The Morgan fingerprint density at radius 2 is 1.87 bits per heavy atom. The van der Waals surface area contributed by atoms with Gasteiger partial charge in [0.2, 0.25) is 11.8 Å². The van der Waals surface area contributed by atoms with Gasteiger partial charge in [-0.05, 0) is 49.7 Å². The molecule has 2 heterocycles. The topological polar surface area (TPSA) is 88.4 Å². The van der Waals surface area contributed by atoms with Gasteiger partial charge in [0.05, 0.1) is 6.21 Å². The summed E-state index contributed by atoms with van der Waals surface area (Å²) in [5, 5.41) is 7.73. The first kappa shape index (κ1) is 22.5. The highest BCUT2D eigenvalue weighted by Crippen LogP contribution is 2.25. The molecule has 0 aliphatic rings. The van der Waals surface area contributed by atoms with Crippen molar-refractivity contribution in [2.24, 2.45) is 5.10 Å². The lowest BCUT2D eigenvalue weighted by Gasteiger charge is -2.10. The molecule has 0 unspecified atom stereocenters. The largest absolute Gasteiger partial charge is 0.352 e. The van der Waals surface area contributed by atoms with Gasteiger partial charge >= 0.3 is 0 Å². The number of pyridine rings is 1. The second kappa shape index (κ2) is 10.2. The zero-order valence-electron chi connectivity index (χ0n) is 17.0. The van der Waals surface area contributed by atoms with Crippen molar-refractivity contribution in [2.75, 3.05) is 0 Å². The number of benzene rings is 1. The van der Waals surface area contributed by atoms with Crippen LogP contribution in [0.2, 0.25) is 10.0 Å². The first-order valence-electron chi connectivity index (χ1n) is 9.46. The number of amides is 2. The average Bonchev–Trinajstić information content (AvgIpc) is 2.99. The number of hydrogen-bond donors (Lipinski definition) is 2. The standard InChI is InChI=1S/C22H21Cl2N5O2/c1-14-6-17(15(2)29(14)20-8-18(23)7-19(24)9-20)13-27-28-22(31)10-21(30)26-12-16-4-3-5-25-11-16/h3-9,11,13H,10,12H2,1-2H3,(H,26,30)(H,28,31)/b27-13+. The fourth-order valence-electron chi connectivity index (χ4n) is 3.11. The molecule has 2 aromatic heterocycles. The Morgan fingerprint density at radius 3 is 2.55 bits per heavy atom. The minimum atomic E-state index is -0.504. The second-order valence-electron chi connectivity index (χ2n) is 6.90. The van der Waals surface area contributed by atoms with E-state index in [2.05, 4.69) is 20.8 Å². The van der Waals surface area contributed by atoms with Crippen LogP contribution in [0.3, 0.4) is 0 Å². The summed E-state index contributed by atoms with van der Waals surface area (Å²) in [4.78, 5) is 27.9. The van der Waals surface area contributed by atoms with Gasteiger partial charge in [-0.1, -0.05) is 29.3 Å². The van der Waals surface area contributed by atoms with Gasteiger partial charge in [-0.15, -0.1) is 0 Å². The van der Waals surface area contributed by atoms with E-state index in [9.17, 15) is 9.59 Å². The van der Waals surface area contributed by atoms with Crippen LogP contribution in [0.4, 0.5) is 0 Å². The molecule has 0 fully saturated rings. The zero-order chi connectivity index (χ0) is 22.4. The smallest absolute Gasteiger partial charge is 0.249 e. The van der Waals surface area contributed by atoms with Crippen LogP contribution in [0, 0.1) is 13.8 Å². The molecule has 9 heteroatoms. The van der Waals surface area contributed by atoms with Gasteiger partial charge in [0.15, 0.2) is 0 Å². The number of hydrazone groups is 1. The zero-order valence-corrected chi connectivity index (χ0v) is 18.5. The van der Waals surface area contributed by atoms with Crippen LogP contribution in [-0.4, -0.2) is 27.6 Å². The van der Waals surface area contributed by atoms with Crippen molar-refractivity contribution in [1.82, 2.24) is 20.3 Å². The highest BCUT2D eigenvalue weighted by Gasteiger charge is 2.12. The number of aromatic nitrogens is 2. The van der Waals surface area contributed by atoms with E-state index in [1.165, 1.54) is 6.21 Å². The molecule has 0 atom stereocenters. The SMILES string of the molecule is Cc1cc(/C=N/NC(=O)CC(=O)NCc2cccnc2)c(C)n1-c1cc(Cl)cc(Cl)c1. The molecular weight excluding hydrogens is 437 g/mol. The average molecular weight is 458 g/mol. The van der Waals surface area contributed by atoms with E-state index in [4.69, 9.17) is 23.2 Å². The molecule has 0 radical (unpaired) electrons. The molecule has 1 aromatic carbocycles. The Bertz CT molecular complexity index is 1110. The fraction of sp³-hybridized carbons (Fsp3) is 0.182. The summed E-state index contributed by atoms with van der Waals surface area (Å²) >= 11 is 12.2. The van der Waals surface area contributed by atoms with E-state index in [1.54, 1.807) is 24.5 Å². The van der Waals surface area contributed by atoms with Gasteiger partial charge in [-0.25, -0.2) is 5.43 Å². The van der Waals surface area contributed by atoms with Crippen molar-refractivity contribution in [1.29, 1.82) is 0 Å². The summed E-state index contributed by atoms with van der Waals surface area (Å²) in [5.74, 6) is -0.900. The van der Waals surface area contributed by atoms with Crippen molar-refractivity contribution in [3.8, 4) is 5.69 Å². The number of hydrogen-bond acceptors (Lipinski definition) is 4. The van der Waals surface area contributed by atoms with Crippen LogP contribution in [0.25, 0.3) is 5.69 Å². The van der Waals surface area contributed by atoms with E-state index >= 15 is 0 Å². The molecule has 2 amide bonds. The molecule has 0 saturated carbocycles. The number of aryl methyl sites for hydroxylation is 1. The van der Waals surface area contributed by atoms with Crippen molar-refractivity contribution in [3.63, 3.8) is 0 Å². The molecular formula is C22H21Cl2N5O2. The first-order chi connectivity index (χ1) is 14.8. The van der Waals surface area contributed by atoms with Gasteiger partial charge < -0.3 is 9.88 Å². The Kier molecular flexibility index (Phi) is 7.44. The van der Waals surface area contributed by atoms with Gasteiger partial charge in [0.1, 0.15) is 6.42 Å². The maximum Gasteiger partial charge on any atom is 0.249 e. The summed E-state index contributed by atoms with van der Waals surface area (Å²) in [6, 6.07) is 10.9. The molecule has 0 aliphatic heterocycles. The van der Waals surface area contributed by atoms with E-state index < -0.39 is 11.8 Å². The lowest BCUT2D eigenvalue weighted by atomic mass is 10.2. The molecule has 3 rings (SSSR count). The van der Waals surface area contributed by atoms with Crippen LogP contribution in [0.15, 0.2) is 53.9 Å². The monoisotopic (exact) mass is 457 g/mol. The summed E-state index contributed by atoms with van der Waals surface area (Å²) < 4.78 is 1.99. The minimum Gasteiger partial charge on any atom is -0.352 e.